The molecule has 0 aromatic heterocycles. The molecule has 5 heteroatoms. The molecule has 8 rings (SSSR count). The van der Waals surface area contributed by atoms with Gasteiger partial charge in [-0.05, 0) is 0 Å². The molecule has 2 aliphatic heterocycles. The Morgan fingerprint density at radius 2 is 1.37 bits per heavy atom. The fourth-order valence-electron chi connectivity index (χ4n) is 5.41. The van der Waals surface area contributed by atoms with Crippen molar-refractivity contribution in [1.29, 1.82) is 0 Å². The SMILES string of the molecule is Brc1ccc2c(c1)C(c1ccccc1)[C]([Zr+2][C]1=Cc3c4cccc3C1c1ccc(cc1)S4)=C2.[Cl-].[Cl-]. The predicted octanol–water partition coefficient (Wildman–Crippen LogP) is 2.68. The molecule has 0 spiro atoms. The maximum atomic E-state index is 3.72. The van der Waals surface area contributed by atoms with Crippen molar-refractivity contribution < 1.29 is 48.0 Å². The zero-order valence-corrected chi connectivity index (χ0v) is 24.9. The molecule has 0 N–H and O–H groups in total. The molecule has 0 fully saturated rings. The van der Waals surface area contributed by atoms with E-state index < -0.39 is 23.2 Å². The standard InChI is InChI=1S/C15H10Br.C15H9S.2ClH.Zr/c16-13-8-6-12-7-9-14(15(12)10-13)11-4-2-1-3-5-11;1-2-13-12-8-9-14(13)15(3-1)16-11-6-4-10(12)5-7-11;;;/h1-8,10,14H;1-7,9,12H;2*1H;/q;;;;+2/p-2. The zero-order valence-electron chi connectivity index (χ0n) is 18.5. The van der Waals surface area contributed by atoms with Gasteiger partial charge in [-0.2, -0.15) is 0 Å². The normalized spacial score (nSPS) is 18.1. The first-order valence-corrected chi connectivity index (χ1v) is 15.3. The van der Waals surface area contributed by atoms with Crippen LogP contribution in [0.4, 0.5) is 0 Å². The van der Waals surface area contributed by atoms with Crippen LogP contribution in [0.25, 0.3) is 12.2 Å². The zero-order chi connectivity index (χ0) is 21.9. The molecule has 2 unspecified atom stereocenters. The van der Waals surface area contributed by atoms with E-state index >= 15 is 0 Å². The minimum atomic E-state index is -1.02. The number of halogens is 3. The molecule has 0 nitrogen and oxygen atoms in total. The van der Waals surface area contributed by atoms with Gasteiger partial charge in [0.2, 0.25) is 0 Å². The van der Waals surface area contributed by atoms with Gasteiger partial charge in [-0.3, -0.25) is 0 Å². The van der Waals surface area contributed by atoms with Gasteiger partial charge in [0.15, 0.2) is 0 Å². The third-order valence-electron chi connectivity index (χ3n) is 6.87. The molecule has 170 valence electrons. The number of hydrogen-bond acceptors (Lipinski definition) is 1. The molecular weight excluding hydrogens is 634 g/mol. The Hall–Kier alpha value is -1.35. The summed E-state index contributed by atoms with van der Waals surface area (Å²) < 4.78 is 4.50. The van der Waals surface area contributed by atoms with E-state index in [4.69, 9.17) is 0 Å². The van der Waals surface area contributed by atoms with Crippen LogP contribution in [0.1, 0.15) is 45.2 Å². The van der Waals surface area contributed by atoms with Crippen molar-refractivity contribution >= 4 is 39.8 Å². The van der Waals surface area contributed by atoms with Crippen LogP contribution in [0.5, 0.6) is 0 Å². The van der Waals surface area contributed by atoms with Crippen LogP contribution in [0.3, 0.4) is 0 Å². The van der Waals surface area contributed by atoms with E-state index in [-0.39, 0.29) is 24.8 Å². The van der Waals surface area contributed by atoms with E-state index in [1.807, 2.05) is 11.8 Å². The van der Waals surface area contributed by atoms with Crippen LogP contribution in [0, 0.1) is 0 Å². The van der Waals surface area contributed by atoms with Gasteiger partial charge in [0.25, 0.3) is 0 Å². The van der Waals surface area contributed by atoms with Crippen molar-refractivity contribution in [3.8, 4) is 0 Å². The molecule has 0 saturated heterocycles. The Labute approximate surface area is 242 Å². The van der Waals surface area contributed by atoms with Crippen molar-refractivity contribution in [1.82, 2.24) is 0 Å². The first-order chi connectivity index (χ1) is 16.2. The summed E-state index contributed by atoms with van der Waals surface area (Å²) in [4.78, 5) is 2.73. The minimum Gasteiger partial charge on any atom is -1.00 e. The Balaban J connectivity index is 0.00000127. The van der Waals surface area contributed by atoms with Crippen LogP contribution >= 0.6 is 27.7 Å². The van der Waals surface area contributed by atoms with Crippen molar-refractivity contribution in [2.24, 2.45) is 0 Å². The fourth-order valence-corrected chi connectivity index (χ4v) is 11.0. The van der Waals surface area contributed by atoms with Gasteiger partial charge < -0.3 is 24.8 Å². The summed E-state index contributed by atoms with van der Waals surface area (Å²) in [5.74, 6) is 0.784. The second kappa shape index (κ2) is 10.2. The Morgan fingerprint density at radius 1 is 0.657 bits per heavy atom. The largest absolute Gasteiger partial charge is 1.00 e. The summed E-state index contributed by atoms with van der Waals surface area (Å²) in [6.07, 6.45) is 5.07. The summed E-state index contributed by atoms with van der Waals surface area (Å²) in [7, 11) is 0. The van der Waals surface area contributed by atoms with Crippen molar-refractivity contribution in [2.75, 3.05) is 0 Å². The first-order valence-electron chi connectivity index (χ1n) is 11.2. The monoisotopic (exact) mass is 650 g/mol. The molecule has 6 bridgehead atoms. The van der Waals surface area contributed by atoms with Gasteiger partial charge >= 0.3 is 220 Å². The predicted molar refractivity (Wildman–Crippen MR) is 137 cm³/mol. The van der Waals surface area contributed by atoms with E-state index in [1.54, 1.807) is 6.56 Å². The smallest absolute Gasteiger partial charge is 1.00 e. The van der Waals surface area contributed by atoms with E-state index in [0.717, 1.165) is 4.47 Å². The van der Waals surface area contributed by atoms with E-state index in [1.165, 1.54) is 43.2 Å². The number of allylic oxidation sites excluding steroid dienone is 2. The molecule has 0 amide bonds. The van der Waals surface area contributed by atoms with Gasteiger partial charge in [-0.15, -0.1) is 0 Å². The van der Waals surface area contributed by atoms with Gasteiger partial charge in [0, 0.05) is 0 Å². The maximum Gasteiger partial charge on any atom is -1.00 e. The van der Waals surface area contributed by atoms with Crippen LogP contribution < -0.4 is 24.8 Å². The van der Waals surface area contributed by atoms with E-state index in [9.17, 15) is 0 Å². The van der Waals surface area contributed by atoms with Gasteiger partial charge in [0.05, 0.1) is 0 Å². The molecule has 4 aromatic carbocycles. The average molecular weight is 654 g/mol. The van der Waals surface area contributed by atoms with Gasteiger partial charge in [-0.25, -0.2) is 0 Å². The number of rotatable bonds is 3. The topological polar surface area (TPSA) is 0 Å². The minimum absolute atomic E-state index is 0. The maximum absolute atomic E-state index is 3.72. The molecule has 4 aromatic rings. The third kappa shape index (κ3) is 4.38. The fraction of sp³-hybridized carbons (Fsp3) is 0.0667. The average Bonchev–Trinajstić information content (AvgIpc) is 3.39. The molecule has 35 heavy (non-hydrogen) atoms. The number of benzene rings is 4. The molecule has 2 heterocycles. The van der Waals surface area contributed by atoms with Crippen LogP contribution in [0.15, 0.2) is 112 Å². The van der Waals surface area contributed by atoms with E-state index in [0.29, 0.717) is 11.8 Å². The Bertz CT molecular complexity index is 1480. The third-order valence-corrected chi connectivity index (χ3v) is 12.0. The molecule has 2 atom stereocenters. The molecular formula is C30H19BrCl2SZr. The summed E-state index contributed by atoms with van der Waals surface area (Å²) >= 11 is 4.60. The summed E-state index contributed by atoms with van der Waals surface area (Å²) in [5, 5.41) is 0. The first kappa shape index (κ1) is 25.3. The second-order valence-corrected chi connectivity index (χ2v) is 14.3. The van der Waals surface area contributed by atoms with Crippen molar-refractivity contribution in [3.05, 3.63) is 135 Å². The van der Waals surface area contributed by atoms with E-state index in [2.05, 4.69) is 119 Å². The second-order valence-electron chi connectivity index (χ2n) is 8.80. The van der Waals surface area contributed by atoms with Gasteiger partial charge in [-0.1, -0.05) is 0 Å². The number of hydrogen-bond donors (Lipinski definition) is 0. The summed E-state index contributed by atoms with van der Waals surface area (Å²) in [6, 6.07) is 34.1. The molecule has 0 saturated carbocycles. The quantitative estimate of drug-likeness (QED) is 0.328. The molecule has 4 aliphatic rings. The van der Waals surface area contributed by atoms with Crippen molar-refractivity contribution in [2.45, 2.75) is 21.6 Å². The van der Waals surface area contributed by atoms with Gasteiger partial charge in [0.1, 0.15) is 0 Å². The van der Waals surface area contributed by atoms with Crippen LogP contribution in [0.2, 0.25) is 0 Å². The Kier molecular flexibility index (Phi) is 7.37. The summed E-state index contributed by atoms with van der Waals surface area (Å²) in [5.41, 5.74) is 8.65. The Morgan fingerprint density at radius 3 is 2.17 bits per heavy atom. The molecule has 2 aliphatic carbocycles. The van der Waals surface area contributed by atoms with Crippen molar-refractivity contribution in [3.63, 3.8) is 0 Å². The summed E-state index contributed by atoms with van der Waals surface area (Å²) in [6.45, 7) is 0. The van der Waals surface area contributed by atoms with Crippen LogP contribution in [-0.2, 0) is 23.2 Å². The van der Waals surface area contributed by atoms with Crippen LogP contribution in [-0.4, -0.2) is 0 Å². The molecule has 0 radical (unpaired) electrons. The number of fused-ring (bicyclic) bond motifs is 3.